The number of nitrogens with one attached hydrogen (secondary N) is 1. The Kier molecular flexibility index (Phi) is 5.85. The fraction of sp³-hybridized carbons (Fsp3) is 0.632. The van der Waals surface area contributed by atoms with Crippen LogP contribution in [0.25, 0.3) is 0 Å². The first-order valence-electron chi connectivity index (χ1n) is 8.94. The van der Waals surface area contributed by atoms with Crippen molar-refractivity contribution in [1.82, 2.24) is 10.2 Å². The van der Waals surface area contributed by atoms with Gasteiger partial charge in [0.2, 0.25) is 5.91 Å². The number of ether oxygens (including phenoxy) is 1. The van der Waals surface area contributed by atoms with Gasteiger partial charge in [0.25, 0.3) is 0 Å². The maximum Gasteiger partial charge on any atom is 0.223 e. The van der Waals surface area contributed by atoms with Crippen LogP contribution in [0, 0.1) is 24.6 Å². The van der Waals surface area contributed by atoms with Gasteiger partial charge in [0.15, 0.2) is 0 Å². The number of rotatable bonds is 5. The number of carbonyl (C=O) groups is 1. The van der Waals surface area contributed by atoms with Crippen molar-refractivity contribution in [2.45, 2.75) is 32.7 Å². The molecule has 0 saturated carbocycles. The highest BCUT2D eigenvalue weighted by Gasteiger charge is 2.27. The minimum atomic E-state index is -0.217. The molecule has 0 aromatic heterocycles. The van der Waals surface area contributed by atoms with Crippen LogP contribution in [0.1, 0.15) is 30.4 Å². The number of piperidine rings is 1. The van der Waals surface area contributed by atoms with Crippen LogP contribution in [0.5, 0.6) is 0 Å². The zero-order chi connectivity index (χ0) is 16.9. The van der Waals surface area contributed by atoms with E-state index in [0.29, 0.717) is 18.0 Å². The normalized spacial score (nSPS) is 22.7. The number of carbonyl (C=O) groups excluding carboxylic acids is 1. The Balaban J connectivity index is 1.40. The number of benzene rings is 1. The fourth-order valence-electron chi connectivity index (χ4n) is 3.55. The van der Waals surface area contributed by atoms with Gasteiger partial charge in [0, 0.05) is 25.6 Å². The van der Waals surface area contributed by atoms with Crippen molar-refractivity contribution in [2.75, 3.05) is 32.8 Å². The zero-order valence-corrected chi connectivity index (χ0v) is 14.4. The molecular formula is C19H27FN2O2. The van der Waals surface area contributed by atoms with Crippen molar-refractivity contribution in [3.63, 3.8) is 0 Å². The molecule has 2 saturated heterocycles. The average molecular weight is 334 g/mol. The molecular weight excluding hydrogens is 307 g/mol. The Labute approximate surface area is 143 Å². The number of hydrogen-bond donors (Lipinski definition) is 1. The first-order valence-corrected chi connectivity index (χ1v) is 8.94. The second-order valence-electron chi connectivity index (χ2n) is 7.11. The van der Waals surface area contributed by atoms with E-state index >= 15 is 0 Å². The molecule has 2 aliphatic rings. The molecule has 0 radical (unpaired) electrons. The fourth-order valence-corrected chi connectivity index (χ4v) is 3.55. The van der Waals surface area contributed by atoms with Crippen LogP contribution < -0.4 is 5.32 Å². The summed E-state index contributed by atoms with van der Waals surface area (Å²) in [4.78, 5) is 14.8. The average Bonchev–Trinajstić information content (AvgIpc) is 3.09. The van der Waals surface area contributed by atoms with Gasteiger partial charge < -0.3 is 15.0 Å². The smallest absolute Gasteiger partial charge is 0.223 e. The number of likely N-dealkylation sites (tertiary alicyclic amines) is 1. The monoisotopic (exact) mass is 334 g/mol. The highest BCUT2D eigenvalue weighted by atomic mass is 19.1. The van der Waals surface area contributed by atoms with Gasteiger partial charge in [0.05, 0.1) is 6.61 Å². The van der Waals surface area contributed by atoms with E-state index in [2.05, 4.69) is 10.2 Å². The third-order valence-corrected chi connectivity index (χ3v) is 5.20. The number of aryl methyl sites for hydroxylation is 1. The van der Waals surface area contributed by atoms with Crippen molar-refractivity contribution < 1.29 is 13.9 Å². The summed E-state index contributed by atoms with van der Waals surface area (Å²) in [6.07, 6.45) is 2.97. The molecule has 1 aromatic carbocycles. The number of nitrogens with zero attached hydrogens (tertiary/aromatic N) is 1. The van der Waals surface area contributed by atoms with E-state index in [4.69, 9.17) is 4.74 Å². The summed E-state index contributed by atoms with van der Waals surface area (Å²) >= 11 is 0. The number of amides is 1. The molecule has 1 N–H and O–H groups in total. The minimum absolute atomic E-state index is 0.0800. The SMILES string of the molecule is Cc1ccc(CNC(=O)C2CCN(CC3CCOC3)CC2)cc1F. The van der Waals surface area contributed by atoms with Crippen LogP contribution in [-0.4, -0.2) is 43.7 Å². The lowest BCUT2D eigenvalue weighted by atomic mass is 9.95. The van der Waals surface area contributed by atoms with Crippen LogP contribution in [-0.2, 0) is 16.1 Å². The van der Waals surface area contributed by atoms with Gasteiger partial charge in [0.1, 0.15) is 5.82 Å². The maximum atomic E-state index is 13.5. The summed E-state index contributed by atoms with van der Waals surface area (Å²) < 4.78 is 19.0. The van der Waals surface area contributed by atoms with Gasteiger partial charge in [-0.2, -0.15) is 0 Å². The molecule has 1 amide bonds. The molecule has 3 rings (SSSR count). The van der Waals surface area contributed by atoms with Crippen LogP contribution in [0.4, 0.5) is 4.39 Å². The molecule has 0 bridgehead atoms. The quantitative estimate of drug-likeness (QED) is 0.899. The van der Waals surface area contributed by atoms with Gasteiger partial charge in [-0.3, -0.25) is 4.79 Å². The predicted molar refractivity (Wildman–Crippen MR) is 91.1 cm³/mol. The second kappa shape index (κ2) is 8.08. The van der Waals surface area contributed by atoms with E-state index in [1.54, 1.807) is 13.0 Å². The molecule has 1 atom stereocenters. The third-order valence-electron chi connectivity index (χ3n) is 5.20. The van der Waals surface area contributed by atoms with E-state index < -0.39 is 0 Å². The molecule has 0 spiro atoms. The summed E-state index contributed by atoms with van der Waals surface area (Å²) in [7, 11) is 0. The Bertz CT molecular complexity index is 564. The Morgan fingerprint density at radius 3 is 2.79 bits per heavy atom. The molecule has 24 heavy (non-hydrogen) atoms. The summed E-state index contributed by atoms with van der Waals surface area (Å²) in [5, 5.41) is 2.96. The number of halogens is 1. The molecule has 5 heteroatoms. The Morgan fingerprint density at radius 2 is 2.12 bits per heavy atom. The molecule has 4 nitrogen and oxygen atoms in total. The Hall–Kier alpha value is -1.46. The maximum absolute atomic E-state index is 13.5. The second-order valence-corrected chi connectivity index (χ2v) is 7.11. The summed E-state index contributed by atoms with van der Waals surface area (Å²) in [6, 6.07) is 5.12. The molecule has 1 aromatic rings. The van der Waals surface area contributed by atoms with E-state index in [9.17, 15) is 9.18 Å². The number of hydrogen-bond acceptors (Lipinski definition) is 3. The lowest BCUT2D eigenvalue weighted by molar-refractivity contribution is -0.126. The third kappa shape index (κ3) is 4.54. The van der Waals surface area contributed by atoms with Gasteiger partial charge in [-0.1, -0.05) is 12.1 Å². The van der Waals surface area contributed by atoms with Gasteiger partial charge in [-0.25, -0.2) is 4.39 Å². The lowest BCUT2D eigenvalue weighted by Crippen LogP contribution is -2.42. The Morgan fingerprint density at radius 1 is 1.33 bits per heavy atom. The first kappa shape index (κ1) is 17.4. The lowest BCUT2D eigenvalue weighted by Gasteiger charge is -2.32. The van der Waals surface area contributed by atoms with Crippen LogP contribution >= 0.6 is 0 Å². The molecule has 0 aliphatic carbocycles. The van der Waals surface area contributed by atoms with Crippen LogP contribution in [0.15, 0.2) is 18.2 Å². The van der Waals surface area contributed by atoms with Crippen molar-refractivity contribution in [2.24, 2.45) is 11.8 Å². The molecule has 132 valence electrons. The van der Waals surface area contributed by atoms with Crippen molar-refractivity contribution >= 4 is 5.91 Å². The van der Waals surface area contributed by atoms with Crippen LogP contribution in [0.2, 0.25) is 0 Å². The van der Waals surface area contributed by atoms with Crippen molar-refractivity contribution in [1.29, 1.82) is 0 Å². The zero-order valence-electron chi connectivity index (χ0n) is 14.4. The molecule has 2 fully saturated rings. The summed E-state index contributed by atoms with van der Waals surface area (Å²) in [5.41, 5.74) is 1.44. The largest absolute Gasteiger partial charge is 0.381 e. The molecule has 2 aliphatic heterocycles. The highest BCUT2D eigenvalue weighted by Crippen LogP contribution is 2.21. The van der Waals surface area contributed by atoms with E-state index in [0.717, 1.165) is 57.7 Å². The predicted octanol–water partition coefficient (Wildman–Crippen LogP) is 2.50. The standard InChI is InChI=1S/C19H27FN2O2/c1-14-2-3-15(10-18(14)20)11-21-19(23)17-4-7-22(8-5-17)12-16-6-9-24-13-16/h2-3,10,16-17H,4-9,11-13H2,1H3,(H,21,23). The highest BCUT2D eigenvalue weighted by molar-refractivity contribution is 5.78. The minimum Gasteiger partial charge on any atom is -0.381 e. The topological polar surface area (TPSA) is 41.6 Å². The van der Waals surface area contributed by atoms with Crippen LogP contribution in [0.3, 0.4) is 0 Å². The van der Waals surface area contributed by atoms with E-state index in [-0.39, 0.29) is 17.6 Å². The summed E-state index contributed by atoms with van der Waals surface area (Å²) in [6.45, 7) is 6.97. The van der Waals surface area contributed by atoms with Gasteiger partial charge in [-0.05, 0) is 62.4 Å². The van der Waals surface area contributed by atoms with Gasteiger partial charge in [-0.15, -0.1) is 0 Å². The summed E-state index contributed by atoms with van der Waals surface area (Å²) in [5.74, 6) is 0.619. The van der Waals surface area contributed by atoms with Gasteiger partial charge >= 0.3 is 0 Å². The van der Waals surface area contributed by atoms with E-state index in [1.165, 1.54) is 6.07 Å². The molecule has 1 unspecified atom stereocenters. The van der Waals surface area contributed by atoms with Crippen molar-refractivity contribution in [3.8, 4) is 0 Å². The first-order chi connectivity index (χ1) is 11.6. The van der Waals surface area contributed by atoms with Crippen molar-refractivity contribution in [3.05, 3.63) is 35.1 Å². The molecule has 2 heterocycles. The van der Waals surface area contributed by atoms with E-state index in [1.807, 2.05) is 6.07 Å².